The van der Waals surface area contributed by atoms with E-state index in [-0.39, 0.29) is 24.0 Å². The van der Waals surface area contributed by atoms with E-state index in [1.165, 1.54) is 18.4 Å². The van der Waals surface area contributed by atoms with Gasteiger partial charge in [-0.15, -0.1) is 24.0 Å². The Balaban J connectivity index is 0.00000261. The highest BCUT2D eigenvalue weighted by molar-refractivity contribution is 14.0. The molecule has 1 aromatic heterocycles. The van der Waals surface area contributed by atoms with E-state index in [1.54, 1.807) is 7.05 Å². The number of ether oxygens (including phenoxy) is 1. The monoisotopic (exact) mass is 480 g/mol. The average Bonchev–Trinajstić information content (AvgIpc) is 3.49. The molecule has 2 N–H and O–H groups in total. The number of benzene rings is 1. The first kappa shape index (κ1) is 21.5. The number of nitrogens with one attached hydrogen (secondary N) is 2. The fourth-order valence-electron chi connectivity index (χ4n) is 2.65. The molecule has 2 aromatic rings. The molecule has 0 saturated heterocycles. The minimum Gasteiger partial charge on any atom is -0.493 e. The SMILES string of the molecule is CN=C(NCCc1ccc(C)nc1)NCc1ccccc1OCC1CC1.I. The van der Waals surface area contributed by atoms with Gasteiger partial charge in [0.05, 0.1) is 6.61 Å². The molecule has 0 spiro atoms. The van der Waals surface area contributed by atoms with Crippen LogP contribution in [0.5, 0.6) is 5.75 Å². The molecule has 0 radical (unpaired) electrons. The third-order valence-electron chi connectivity index (χ3n) is 4.49. The maximum atomic E-state index is 5.97. The zero-order chi connectivity index (χ0) is 18.2. The van der Waals surface area contributed by atoms with Crippen LogP contribution in [0.3, 0.4) is 0 Å². The van der Waals surface area contributed by atoms with Crippen LogP contribution in [0, 0.1) is 12.8 Å². The van der Waals surface area contributed by atoms with Crippen molar-refractivity contribution in [1.82, 2.24) is 15.6 Å². The number of guanidine groups is 1. The first-order chi connectivity index (χ1) is 12.7. The molecule has 1 heterocycles. The van der Waals surface area contributed by atoms with Gasteiger partial charge >= 0.3 is 0 Å². The maximum Gasteiger partial charge on any atom is 0.191 e. The Morgan fingerprint density at radius 1 is 1.19 bits per heavy atom. The molecular weight excluding hydrogens is 451 g/mol. The first-order valence-corrected chi connectivity index (χ1v) is 9.31. The second-order valence-corrected chi connectivity index (χ2v) is 6.77. The number of pyridine rings is 1. The lowest BCUT2D eigenvalue weighted by molar-refractivity contribution is 0.296. The van der Waals surface area contributed by atoms with Crippen molar-refractivity contribution < 1.29 is 4.74 Å². The van der Waals surface area contributed by atoms with Crippen LogP contribution < -0.4 is 15.4 Å². The molecule has 27 heavy (non-hydrogen) atoms. The quantitative estimate of drug-likeness (QED) is 0.344. The van der Waals surface area contributed by atoms with Crippen LogP contribution in [-0.2, 0) is 13.0 Å². The van der Waals surface area contributed by atoms with Crippen molar-refractivity contribution >= 4 is 29.9 Å². The summed E-state index contributed by atoms with van der Waals surface area (Å²) >= 11 is 0. The molecule has 5 nitrogen and oxygen atoms in total. The normalized spacial score (nSPS) is 13.6. The molecule has 0 aliphatic heterocycles. The van der Waals surface area contributed by atoms with Crippen molar-refractivity contribution in [3.05, 3.63) is 59.4 Å². The summed E-state index contributed by atoms with van der Waals surface area (Å²) in [5.74, 6) is 2.51. The van der Waals surface area contributed by atoms with Crippen molar-refractivity contribution in [3.8, 4) is 5.75 Å². The van der Waals surface area contributed by atoms with Gasteiger partial charge in [0.1, 0.15) is 5.75 Å². The van der Waals surface area contributed by atoms with Crippen molar-refractivity contribution in [2.45, 2.75) is 32.7 Å². The molecule has 0 unspecified atom stereocenters. The Morgan fingerprint density at radius 3 is 2.70 bits per heavy atom. The lowest BCUT2D eigenvalue weighted by Crippen LogP contribution is -2.37. The lowest BCUT2D eigenvalue weighted by atomic mass is 10.2. The number of hydrogen-bond acceptors (Lipinski definition) is 3. The third-order valence-corrected chi connectivity index (χ3v) is 4.49. The Hall–Kier alpha value is -1.83. The second kappa shape index (κ2) is 11.1. The summed E-state index contributed by atoms with van der Waals surface area (Å²) < 4.78 is 5.97. The summed E-state index contributed by atoms with van der Waals surface area (Å²) in [5, 5.41) is 6.72. The smallest absolute Gasteiger partial charge is 0.191 e. The zero-order valence-corrected chi connectivity index (χ0v) is 18.4. The minimum absolute atomic E-state index is 0. The highest BCUT2D eigenvalue weighted by Crippen LogP contribution is 2.30. The van der Waals surface area contributed by atoms with Gasteiger partial charge in [-0.3, -0.25) is 9.98 Å². The topological polar surface area (TPSA) is 58.5 Å². The largest absolute Gasteiger partial charge is 0.493 e. The van der Waals surface area contributed by atoms with Gasteiger partial charge in [0, 0.05) is 37.6 Å². The van der Waals surface area contributed by atoms with E-state index in [0.29, 0.717) is 6.54 Å². The summed E-state index contributed by atoms with van der Waals surface area (Å²) in [7, 11) is 1.79. The summed E-state index contributed by atoms with van der Waals surface area (Å²) in [4.78, 5) is 8.63. The van der Waals surface area contributed by atoms with E-state index in [9.17, 15) is 0 Å². The average molecular weight is 480 g/mol. The summed E-state index contributed by atoms with van der Waals surface area (Å²) in [5.41, 5.74) is 3.41. The van der Waals surface area contributed by atoms with Crippen molar-refractivity contribution in [2.24, 2.45) is 10.9 Å². The van der Waals surface area contributed by atoms with Gasteiger partial charge in [0.25, 0.3) is 0 Å². The van der Waals surface area contributed by atoms with Gasteiger partial charge in [-0.1, -0.05) is 24.3 Å². The number of hydrogen-bond donors (Lipinski definition) is 2. The van der Waals surface area contributed by atoms with Crippen molar-refractivity contribution in [2.75, 3.05) is 20.2 Å². The Bertz CT molecular complexity index is 729. The first-order valence-electron chi connectivity index (χ1n) is 9.31. The van der Waals surface area contributed by atoms with Crippen LogP contribution in [0.1, 0.15) is 29.7 Å². The number of aryl methyl sites for hydroxylation is 1. The van der Waals surface area contributed by atoms with E-state index in [1.807, 2.05) is 37.4 Å². The fourth-order valence-corrected chi connectivity index (χ4v) is 2.65. The maximum absolute atomic E-state index is 5.97. The number of para-hydroxylation sites is 1. The van der Waals surface area contributed by atoms with E-state index < -0.39 is 0 Å². The molecule has 6 heteroatoms. The molecule has 146 valence electrons. The van der Waals surface area contributed by atoms with Gasteiger partial charge < -0.3 is 15.4 Å². The van der Waals surface area contributed by atoms with E-state index in [0.717, 1.165) is 48.5 Å². The van der Waals surface area contributed by atoms with Crippen molar-refractivity contribution in [1.29, 1.82) is 0 Å². The van der Waals surface area contributed by atoms with Crippen LogP contribution in [0.25, 0.3) is 0 Å². The Morgan fingerprint density at radius 2 is 2.00 bits per heavy atom. The molecule has 3 rings (SSSR count). The lowest BCUT2D eigenvalue weighted by Gasteiger charge is -2.15. The van der Waals surface area contributed by atoms with Gasteiger partial charge in [-0.2, -0.15) is 0 Å². The Labute approximate surface area is 179 Å². The number of aromatic nitrogens is 1. The molecule has 1 aromatic carbocycles. The number of rotatable bonds is 8. The molecule has 1 fully saturated rings. The second-order valence-electron chi connectivity index (χ2n) is 6.77. The van der Waals surface area contributed by atoms with Gasteiger partial charge in [-0.25, -0.2) is 0 Å². The highest BCUT2D eigenvalue weighted by Gasteiger charge is 2.22. The van der Waals surface area contributed by atoms with Crippen LogP contribution in [0.4, 0.5) is 0 Å². The molecule has 0 amide bonds. The molecule has 0 bridgehead atoms. The number of halogens is 1. The highest BCUT2D eigenvalue weighted by atomic mass is 127. The zero-order valence-electron chi connectivity index (χ0n) is 16.1. The summed E-state index contributed by atoms with van der Waals surface area (Å²) in [6, 6.07) is 12.4. The predicted octanol–water partition coefficient (Wildman–Crippen LogP) is 3.70. The predicted molar refractivity (Wildman–Crippen MR) is 121 cm³/mol. The van der Waals surface area contributed by atoms with Crippen LogP contribution >= 0.6 is 24.0 Å². The standard InChI is InChI=1S/C21H28N4O.HI/c1-16-7-8-17(13-24-16)11-12-23-21(22-2)25-14-19-5-3-4-6-20(19)26-15-18-9-10-18;/h3-8,13,18H,9-12,14-15H2,1-2H3,(H2,22,23,25);1H. The van der Waals surface area contributed by atoms with Gasteiger partial charge in [0.15, 0.2) is 5.96 Å². The van der Waals surface area contributed by atoms with E-state index in [2.05, 4.69) is 32.7 Å². The summed E-state index contributed by atoms with van der Waals surface area (Å²) in [6.07, 6.45) is 5.44. The minimum atomic E-state index is 0. The molecule has 1 aliphatic rings. The fraction of sp³-hybridized carbons (Fsp3) is 0.429. The molecular formula is C21H29IN4O. The van der Waals surface area contributed by atoms with Crippen LogP contribution in [0.2, 0.25) is 0 Å². The van der Waals surface area contributed by atoms with Gasteiger partial charge in [0.2, 0.25) is 0 Å². The van der Waals surface area contributed by atoms with Crippen molar-refractivity contribution in [3.63, 3.8) is 0 Å². The number of nitrogens with zero attached hydrogens (tertiary/aromatic N) is 2. The Kier molecular flexibility index (Phi) is 8.84. The molecule has 0 atom stereocenters. The van der Waals surface area contributed by atoms with E-state index in [4.69, 9.17) is 4.74 Å². The van der Waals surface area contributed by atoms with Crippen LogP contribution in [-0.4, -0.2) is 31.1 Å². The number of aliphatic imine (C=N–C) groups is 1. The van der Waals surface area contributed by atoms with E-state index >= 15 is 0 Å². The molecule has 1 aliphatic carbocycles. The van der Waals surface area contributed by atoms with Crippen LogP contribution in [0.15, 0.2) is 47.6 Å². The summed E-state index contributed by atoms with van der Waals surface area (Å²) in [6.45, 7) is 4.32. The van der Waals surface area contributed by atoms with Gasteiger partial charge in [-0.05, 0) is 49.8 Å². The molecule has 1 saturated carbocycles. The third kappa shape index (κ3) is 7.36.